The van der Waals surface area contributed by atoms with Gasteiger partial charge in [0.2, 0.25) is 0 Å². The van der Waals surface area contributed by atoms with Crippen molar-refractivity contribution in [2.75, 3.05) is 6.61 Å². The number of benzene rings is 3. The lowest BCUT2D eigenvalue weighted by Gasteiger charge is -2.22. The summed E-state index contributed by atoms with van der Waals surface area (Å²) >= 11 is 0. The van der Waals surface area contributed by atoms with Crippen LogP contribution < -0.4 is 5.32 Å². The van der Waals surface area contributed by atoms with Gasteiger partial charge in [-0.1, -0.05) is 66.7 Å². The molecule has 0 aromatic heterocycles. The Labute approximate surface area is 185 Å². The second-order valence-electron chi connectivity index (χ2n) is 8.71. The second-order valence-corrected chi connectivity index (χ2v) is 8.71. The summed E-state index contributed by atoms with van der Waals surface area (Å²) in [5.74, 6) is 0.472. The second kappa shape index (κ2) is 10.1. The fraction of sp³-hybridized carbons (Fsp3) is 0.393. The van der Waals surface area contributed by atoms with E-state index in [1.54, 1.807) is 0 Å². The maximum Gasteiger partial charge on any atom is 0.306 e. The largest absolute Gasteiger partial charge is 0.466 e. The zero-order chi connectivity index (χ0) is 21.6. The van der Waals surface area contributed by atoms with E-state index < -0.39 is 0 Å². The Hall–Kier alpha value is -2.65. The molecular formula is C28H33NO2. The number of ether oxygens (including phenoxy) is 1. The minimum absolute atomic E-state index is 0.111. The molecule has 0 bridgehead atoms. The van der Waals surface area contributed by atoms with Crippen molar-refractivity contribution >= 4 is 16.7 Å². The lowest BCUT2D eigenvalue weighted by molar-refractivity contribution is -0.143. The molecular weight excluding hydrogens is 382 g/mol. The highest BCUT2D eigenvalue weighted by molar-refractivity contribution is 5.86. The highest BCUT2D eigenvalue weighted by Gasteiger charge is 2.27. The van der Waals surface area contributed by atoms with E-state index in [9.17, 15) is 4.79 Å². The van der Waals surface area contributed by atoms with Crippen LogP contribution in [0, 0.1) is 0 Å². The van der Waals surface area contributed by atoms with E-state index in [2.05, 4.69) is 79.0 Å². The van der Waals surface area contributed by atoms with Crippen molar-refractivity contribution < 1.29 is 9.53 Å². The molecule has 0 heterocycles. The van der Waals surface area contributed by atoms with Crippen LogP contribution in [0.2, 0.25) is 0 Å². The van der Waals surface area contributed by atoms with Gasteiger partial charge < -0.3 is 10.1 Å². The van der Waals surface area contributed by atoms with Crippen molar-refractivity contribution in [2.45, 2.75) is 64.0 Å². The lowest BCUT2D eigenvalue weighted by Crippen LogP contribution is -2.29. The summed E-state index contributed by atoms with van der Waals surface area (Å²) in [4.78, 5) is 11.7. The van der Waals surface area contributed by atoms with Crippen LogP contribution in [0.5, 0.6) is 0 Å². The first-order valence-electron chi connectivity index (χ1n) is 11.6. The van der Waals surface area contributed by atoms with Gasteiger partial charge in [0, 0.05) is 18.5 Å². The van der Waals surface area contributed by atoms with E-state index in [1.165, 1.54) is 40.3 Å². The maximum absolute atomic E-state index is 11.7. The molecule has 0 radical (unpaired) electrons. The Morgan fingerprint density at radius 2 is 1.87 bits per heavy atom. The number of esters is 1. The zero-order valence-corrected chi connectivity index (χ0v) is 18.6. The third-order valence-corrected chi connectivity index (χ3v) is 6.55. The van der Waals surface area contributed by atoms with E-state index in [4.69, 9.17) is 4.74 Å². The Kier molecular flexibility index (Phi) is 7.03. The summed E-state index contributed by atoms with van der Waals surface area (Å²) in [6.45, 7) is 4.59. The van der Waals surface area contributed by atoms with Crippen LogP contribution in [0.1, 0.15) is 68.2 Å². The van der Waals surface area contributed by atoms with Crippen LogP contribution in [-0.4, -0.2) is 18.6 Å². The highest BCUT2D eigenvalue weighted by atomic mass is 16.5. The molecule has 1 N–H and O–H groups in total. The van der Waals surface area contributed by atoms with Gasteiger partial charge in [0.15, 0.2) is 0 Å². The molecule has 1 unspecified atom stereocenters. The molecule has 0 saturated heterocycles. The minimum Gasteiger partial charge on any atom is -0.466 e. The number of nitrogens with one attached hydrogen (secondary N) is 1. The molecule has 162 valence electrons. The van der Waals surface area contributed by atoms with Crippen LogP contribution in [0.25, 0.3) is 10.8 Å². The van der Waals surface area contributed by atoms with Gasteiger partial charge >= 0.3 is 5.97 Å². The first-order valence-corrected chi connectivity index (χ1v) is 11.6. The van der Waals surface area contributed by atoms with E-state index in [-0.39, 0.29) is 5.97 Å². The molecule has 3 aromatic carbocycles. The normalized spacial score (nSPS) is 19.4. The summed E-state index contributed by atoms with van der Waals surface area (Å²) in [6.07, 6.45) is 4.78. The molecule has 1 aliphatic carbocycles. The smallest absolute Gasteiger partial charge is 0.306 e. The summed E-state index contributed by atoms with van der Waals surface area (Å²) < 4.78 is 5.06. The first-order chi connectivity index (χ1) is 15.1. The van der Waals surface area contributed by atoms with Crippen molar-refractivity contribution in [2.24, 2.45) is 0 Å². The van der Waals surface area contributed by atoms with Crippen molar-refractivity contribution in [3.05, 3.63) is 83.4 Å². The maximum atomic E-state index is 11.7. The fourth-order valence-electron chi connectivity index (χ4n) is 4.99. The predicted molar refractivity (Wildman–Crippen MR) is 127 cm³/mol. The van der Waals surface area contributed by atoms with E-state index in [0.717, 1.165) is 12.8 Å². The summed E-state index contributed by atoms with van der Waals surface area (Å²) in [5.41, 5.74) is 4.01. The number of rotatable bonds is 8. The minimum atomic E-state index is -0.111. The fourth-order valence-corrected chi connectivity index (χ4v) is 4.99. The third-order valence-electron chi connectivity index (χ3n) is 6.55. The molecule has 4 rings (SSSR count). The van der Waals surface area contributed by atoms with Crippen LogP contribution in [0.4, 0.5) is 0 Å². The number of carbonyl (C=O) groups excluding carboxylic acids is 1. The van der Waals surface area contributed by atoms with Crippen LogP contribution in [0.3, 0.4) is 0 Å². The van der Waals surface area contributed by atoms with E-state index in [0.29, 0.717) is 31.0 Å². The van der Waals surface area contributed by atoms with Gasteiger partial charge in [0.1, 0.15) is 0 Å². The SMILES string of the molecule is CCOC(=O)CCc1cccc([C@@H]2CC[C@@H](NC(C)c3cccc4ccccc34)C2)c1. The molecule has 1 fully saturated rings. The Bertz CT molecular complexity index is 1020. The van der Waals surface area contributed by atoms with Crippen molar-refractivity contribution in [1.29, 1.82) is 0 Å². The molecule has 31 heavy (non-hydrogen) atoms. The predicted octanol–water partition coefficient (Wildman–Crippen LogP) is 6.32. The number of carbonyl (C=O) groups is 1. The molecule has 1 saturated carbocycles. The number of hydrogen-bond donors (Lipinski definition) is 1. The number of fused-ring (bicyclic) bond motifs is 1. The lowest BCUT2D eigenvalue weighted by atomic mass is 9.94. The van der Waals surface area contributed by atoms with Gasteiger partial charge in [-0.05, 0) is 72.9 Å². The monoisotopic (exact) mass is 415 g/mol. The molecule has 3 nitrogen and oxygen atoms in total. The van der Waals surface area contributed by atoms with Gasteiger partial charge in [0.25, 0.3) is 0 Å². The van der Waals surface area contributed by atoms with Gasteiger partial charge in [-0.3, -0.25) is 4.79 Å². The summed E-state index contributed by atoms with van der Waals surface area (Å²) in [6, 6.07) is 24.9. The van der Waals surface area contributed by atoms with Gasteiger partial charge in [0.05, 0.1) is 6.61 Å². The van der Waals surface area contributed by atoms with Crippen molar-refractivity contribution in [3.63, 3.8) is 0 Å². The zero-order valence-electron chi connectivity index (χ0n) is 18.6. The Morgan fingerprint density at radius 3 is 2.74 bits per heavy atom. The average molecular weight is 416 g/mol. The highest BCUT2D eigenvalue weighted by Crippen LogP contribution is 2.36. The third kappa shape index (κ3) is 5.34. The van der Waals surface area contributed by atoms with Gasteiger partial charge in [-0.25, -0.2) is 0 Å². The summed E-state index contributed by atoms with van der Waals surface area (Å²) in [5, 5.41) is 6.54. The average Bonchev–Trinajstić information content (AvgIpc) is 3.26. The number of hydrogen-bond acceptors (Lipinski definition) is 3. The van der Waals surface area contributed by atoms with Gasteiger partial charge in [-0.2, -0.15) is 0 Å². The van der Waals surface area contributed by atoms with Crippen LogP contribution in [-0.2, 0) is 16.0 Å². The van der Waals surface area contributed by atoms with Crippen LogP contribution in [0.15, 0.2) is 66.7 Å². The molecule has 0 aliphatic heterocycles. The van der Waals surface area contributed by atoms with Crippen molar-refractivity contribution in [3.8, 4) is 0 Å². The quantitative estimate of drug-likeness (QED) is 0.437. The molecule has 3 heteroatoms. The van der Waals surface area contributed by atoms with Gasteiger partial charge in [-0.15, -0.1) is 0 Å². The first kappa shape index (κ1) is 21.6. The standard InChI is InChI=1S/C28H33NO2/c1-3-31-28(30)17-14-21-8-6-11-23(18-21)24-15-16-25(19-24)29-20(2)26-13-7-10-22-9-4-5-12-27(22)26/h4-13,18,20,24-25,29H,3,14-17,19H2,1-2H3/t20?,24-,25-/m1/s1. The molecule has 0 spiro atoms. The van der Waals surface area contributed by atoms with Crippen LogP contribution >= 0.6 is 0 Å². The van der Waals surface area contributed by atoms with E-state index >= 15 is 0 Å². The summed E-state index contributed by atoms with van der Waals surface area (Å²) in [7, 11) is 0. The molecule has 3 aromatic rings. The molecule has 1 aliphatic rings. The Balaban J connectivity index is 1.37. The number of aryl methyl sites for hydroxylation is 1. The van der Waals surface area contributed by atoms with Crippen molar-refractivity contribution in [1.82, 2.24) is 5.32 Å². The molecule has 3 atom stereocenters. The topological polar surface area (TPSA) is 38.3 Å². The Morgan fingerprint density at radius 1 is 1.06 bits per heavy atom. The molecule has 0 amide bonds. The van der Waals surface area contributed by atoms with E-state index in [1.807, 2.05) is 6.92 Å².